The van der Waals surface area contributed by atoms with Gasteiger partial charge in [0.2, 0.25) is 17.2 Å². The van der Waals surface area contributed by atoms with Gasteiger partial charge in [0.05, 0.1) is 10.7 Å². The molecule has 0 bridgehead atoms. The quantitative estimate of drug-likeness (QED) is 0.907. The highest BCUT2D eigenvalue weighted by molar-refractivity contribution is 6.36. The molecule has 0 unspecified atom stereocenters. The molecule has 0 saturated carbocycles. The van der Waals surface area contributed by atoms with E-state index < -0.39 is 0 Å². The molecule has 1 aromatic carbocycles. The Labute approximate surface area is 119 Å². The molecular formula is C10H8Cl3N5. The van der Waals surface area contributed by atoms with Crippen molar-refractivity contribution < 1.29 is 0 Å². The van der Waals surface area contributed by atoms with Gasteiger partial charge in [0.25, 0.3) is 0 Å². The van der Waals surface area contributed by atoms with Crippen molar-refractivity contribution in [3.8, 4) is 0 Å². The van der Waals surface area contributed by atoms with Gasteiger partial charge in [0.15, 0.2) is 0 Å². The number of halogens is 3. The Kier molecular flexibility index (Phi) is 4.06. The molecule has 0 fully saturated rings. The maximum atomic E-state index is 6.03. The van der Waals surface area contributed by atoms with Crippen molar-refractivity contribution in [3.63, 3.8) is 0 Å². The number of rotatable bonds is 3. The molecule has 1 heterocycles. The molecule has 0 radical (unpaired) electrons. The number of nitrogens with one attached hydrogen (secondary N) is 2. The zero-order valence-electron chi connectivity index (χ0n) is 9.21. The molecule has 0 aliphatic carbocycles. The van der Waals surface area contributed by atoms with E-state index in [2.05, 4.69) is 25.6 Å². The highest BCUT2D eigenvalue weighted by Crippen LogP contribution is 2.27. The van der Waals surface area contributed by atoms with Gasteiger partial charge >= 0.3 is 0 Å². The second-order valence-electron chi connectivity index (χ2n) is 3.25. The van der Waals surface area contributed by atoms with Gasteiger partial charge in [-0.1, -0.05) is 23.2 Å². The highest BCUT2D eigenvalue weighted by atomic mass is 35.5. The maximum absolute atomic E-state index is 6.03. The molecule has 0 aliphatic rings. The van der Waals surface area contributed by atoms with Gasteiger partial charge in [-0.05, 0) is 29.8 Å². The van der Waals surface area contributed by atoms with Crippen LogP contribution in [0, 0.1) is 0 Å². The Balaban J connectivity index is 2.30. The van der Waals surface area contributed by atoms with Gasteiger partial charge in [-0.2, -0.15) is 15.0 Å². The van der Waals surface area contributed by atoms with Crippen LogP contribution in [0.2, 0.25) is 15.3 Å². The van der Waals surface area contributed by atoms with Crippen LogP contribution in [-0.2, 0) is 0 Å². The molecule has 0 spiro atoms. The summed E-state index contributed by atoms with van der Waals surface area (Å²) in [7, 11) is 1.69. The largest absolute Gasteiger partial charge is 0.357 e. The third kappa shape index (κ3) is 3.13. The Hall–Kier alpha value is -1.30. The fourth-order valence-corrected chi connectivity index (χ4v) is 1.84. The second-order valence-corrected chi connectivity index (χ2v) is 4.43. The molecule has 0 saturated heterocycles. The van der Waals surface area contributed by atoms with Crippen molar-refractivity contribution in [1.82, 2.24) is 15.0 Å². The summed E-state index contributed by atoms with van der Waals surface area (Å²) in [6.07, 6.45) is 0. The van der Waals surface area contributed by atoms with Crippen molar-refractivity contribution >= 4 is 52.4 Å². The van der Waals surface area contributed by atoms with Crippen LogP contribution in [0.5, 0.6) is 0 Å². The van der Waals surface area contributed by atoms with E-state index in [4.69, 9.17) is 34.8 Å². The summed E-state index contributed by atoms with van der Waals surface area (Å²) in [6, 6.07) is 5.05. The summed E-state index contributed by atoms with van der Waals surface area (Å²) in [4.78, 5) is 11.9. The van der Waals surface area contributed by atoms with Crippen LogP contribution in [0.3, 0.4) is 0 Å². The topological polar surface area (TPSA) is 62.7 Å². The first-order valence-electron chi connectivity index (χ1n) is 4.90. The van der Waals surface area contributed by atoms with E-state index in [-0.39, 0.29) is 5.28 Å². The van der Waals surface area contributed by atoms with Crippen molar-refractivity contribution in [2.75, 3.05) is 17.7 Å². The van der Waals surface area contributed by atoms with Gasteiger partial charge in [0.1, 0.15) is 0 Å². The van der Waals surface area contributed by atoms with Crippen molar-refractivity contribution in [2.45, 2.75) is 0 Å². The van der Waals surface area contributed by atoms with Crippen LogP contribution in [0.1, 0.15) is 0 Å². The van der Waals surface area contributed by atoms with Crippen LogP contribution < -0.4 is 10.6 Å². The molecule has 5 nitrogen and oxygen atoms in total. The van der Waals surface area contributed by atoms with E-state index in [1.165, 1.54) is 0 Å². The van der Waals surface area contributed by atoms with Gasteiger partial charge in [-0.15, -0.1) is 0 Å². The number of anilines is 3. The maximum Gasteiger partial charge on any atom is 0.233 e. The molecule has 2 N–H and O–H groups in total. The first kappa shape index (κ1) is 13.1. The van der Waals surface area contributed by atoms with E-state index >= 15 is 0 Å². The number of nitrogens with zero attached hydrogens (tertiary/aromatic N) is 3. The van der Waals surface area contributed by atoms with Crippen LogP contribution in [0.4, 0.5) is 17.6 Å². The van der Waals surface area contributed by atoms with Gasteiger partial charge in [-0.25, -0.2) is 0 Å². The molecule has 0 aliphatic heterocycles. The summed E-state index contributed by atoms with van der Waals surface area (Å²) in [5, 5.41) is 6.81. The Morgan fingerprint density at radius 1 is 1.00 bits per heavy atom. The second kappa shape index (κ2) is 5.56. The third-order valence-electron chi connectivity index (χ3n) is 2.01. The number of hydrogen-bond donors (Lipinski definition) is 2. The average molecular weight is 305 g/mol. The SMILES string of the molecule is CNc1nc(Cl)nc(Nc2ccc(Cl)cc2Cl)n1. The lowest BCUT2D eigenvalue weighted by Crippen LogP contribution is -2.03. The Morgan fingerprint density at radius 2 is 1.72 bits per heavy atom. The standard InChI is InChI=1S/C10H8Cl3N5/c1-14-9-16-8(13)17-10(18-9)15-7-3-2-5(11)4-6(7)12/h2-4H,1H3,(H2,14,15,16,17,18). The summed E-state index contributed by atoms with van der Waals surface area (Å²) in [5.74, 6) is 0.658. The molecule has 0 atom stereocenters. The minimum Gasteiger partial charge on any atom is -0.357 e. The lowest BCUT2D eigenvalue weighted by atomic mass is 10.3. The summed E-state index contributed by atoms with van der Waals surface area (Å²) in [6.45, 7) is 0. The number of hydrogen-bond acceptors (Lipinski definition) is 5. The third-order valence-corrected chi connectivity index (χ3v) is 2.73. The highest BCUT2D eigenvalue weighted by Gasteiger charge is 2.06. The first-order chi connectivity index (χ1) is 8.58. The zero-order chi connectivity index (χ0) is 13.1. The molecule has 2 rings (SSSR count). The molecular weight excluding hydrogens is 297 g/mol. The fraction of sp³-hybridized carbons (Fsp3) is 0.100. The first-order valence-corrected chi connectivity index (χ1v) is 6.03. The van der Waals surface area contributed by atoms with Gasteiger partial charge in [-0.3, -0.25) is 0 Å². The minimum absolute atomic E-state index is 0.0851. The lowest BCUT2D eigenvalue weighted by Gasteiger charge is -2.08. The monoisotopic (exact) mass is 303 g/mol. The summed E-state index contributed by atoms with van der Waals surface area (Å²) >= 11 is 17.6. The van der Waals surface area contributed by atoms with E-state index in [0.29, 0.717) is 27.6 Å². The van der Waals surface area contributed by atoms with Crippen LogP contribution in [0.15, 0.2) is 18.2 Å². The summed E-state index contributed by atoms with van der Waals surface area (Å²) < 4.78 is 0. The van der Waals surface area contributed by atoms with Gasteiger partial charge in [0, 0.05) is 12.1 Å². The molecule has 2 aromatic rings. The average Bonchev–Trinajstić information content (AvgIpc) is 2.32. The minimum atomic E-state index is 0.0851. The van der Waals surface area contributed by atoms with Crippen molar-refractivity contribution in [1.29, 1.82) is 0 Å². The number of benzene rings is 1. The van der Waals surface area contributed by atoms with Gasteiger partial charge < -0.3 is 10.6 Å². The Bertz CT molecular complexity index is 575. The molecule has 1 aromatic heterocycles. The van der Waals surface area contributed by atoms with E-state index in [1.54, 1.807) is 25.2 Å². The lowest BCUT2D eigenvalue weighted by molar-refractivity contribution is 1.05. The van der Waals surface area contributed by atoms with Crippen molar-refractivity contribution in [2.24, 2.45) is 0 Å². The summed E-state index contributed by atoms with van der Waals surface area (Å²) in [5.41, 5.74) is 0.630. The predicted molar refractivity (Wildman–Crippen MR) is 74.1 cm³/mol. The van der Waals surface area contributed by atoms with Crippen molar-refractivity contribution in [3.05, 3.63) is 33.5 Å². The predicted octanol–water partition coefficient (Wildman–Crippen LogP) is 3.62. The van der Waals surface area contributed by atoms with E-state index in [9.17, 15) is 0 Å². The van der Waals surface area contributed by atoms with E-state index in [1.807, 2.05) is 0 Å². The van der Waals surface area contributed by atoms with Crippen LogP contribution in [0.25, 0.3) is 0 Å². The van der Waals surface area contributed by atoms with E-state index in [0.717, 1.165) is 0 Å². The smallest absolute Gasteiger partial charge is 0.233 e. The molecule has 94 valence electrons. The molecule has 8 heteroatoms. The normalized spacial score (nSPS) is 10.2. The molecule has 0 amide bonds. The molecule has 18 heavy (non-hydrogen) atoms. The Morgan fingerprint density at radius 3 is 2.39 bits per heavy atom. The van der Waals surface area contributed by atoms with Crippen LogP contribution >= 0.6 is 34.8 Å². The fourth-order valence-electron chi connectivity index (χ4n) is 1.23. The zero-order valence-corrected chi connectivity index (χ0v) is 11.5. The van der Waals surface area contributed by atoms with Crippen LogP contribution in [-0.4, -0.2) is 22.0 Å². The number of aromatic nitrogens is 3.